The molecule has 0 spiro atoms. The molecule has 0 atom stereocenters. The summed E-state index contributed by atoms with van der Waals surface area (Å²) in [5, 5.41) is 7.81. The number of urea groups is 1. The van der Waals surface area contributed by atoms with Gasteiger partial charge >= 0.3 is 6.03 Å². The zero-order chi connectivity index (χ0) is 28.2. The molecule has 2 aromatic heterocycles. The molecule has 0 bridgehead atoms. The van der Waals surface area contributed by atoms with Crippen molar-refractivity contribution in [3.63, 3.8) is 0 Å². The van der Waals surface area contributed by atoms with E-state index in [2.05, 4.69) is 21.3 Å². The lowest BCUT2D eigenvalue weighted by atomic mass is 10.0. The normalized spacial score (nSPS) is 13.2. The van der Waals surface area contributed by atoms with E-state index in [1.165, 1.54) is 12.1 Å². The van der Waals surface area contributed by atoms with E-state index in [-0.39, 0.29) is 11.8 Å². The quantitative estimate of drug-likeness (QED) is 0.277. The van der Waals surface area contributed by atoms with Crippen molar-refractivity contribution in [1.82, 2.24) is 19.7 Å². The standard InChI is InChI=1S/C32H29FN6O2/c1-41-28-9-5-6-24(20-28)31-29(22-39(36-31)27-7-3-2-4-8-27)23-14-15-34-30(21-23)37-16-18-38(19-17-37)32(40)35-26-12-10-25(33)11-13-26/h2-15,20-22H,16-19H2,1H3,(H,35,40). The number of pyridine rings is 1. The van der Waals surface area contributed by atoms with Gasteiger partial charge in [0.25, 0.3) is 0 Å². The third-order valence-corrected chi connectivity index (χ3v) is 7.12. The van der Waals surface area contributed by atoms with Crippen LogP contribution in [0, 0.1) is 5.82 Å². The van der Waals surface area contributed by atoms with Crippen molar-refractivity contribution in [3.8, 4) is 33.8 Å². The number of aromatic nitrogens is 3. The van der Waals surface area contributed by atoms with Crippen molar-refractivity contribution in [2.75, 3.05) is 43.5 Å². The van der Waals surface area contributed by atoms with Crippen molar-refractivity contribution in [2.24, 2.45) is 0 Å². The number of ether oxygens (including phenoxy) is 1. The van der Waals surface area contributed by atoms with E-state index >= 15 is 0 Å². The van der Waals surface area contributed by atoms with Crippen LogP contribution in [-0.4, -0.2) is 59.0 Å². The molecule has 1 aliphatic rings. The number of nitrogens with zero attached hydrogens (tertiary/aromatic N) is 5. The fourth-order valence-electron chi connectivity index (χ4n) is 4.92. The molecule has 1 aliphatic heterocycles. The minimum absolute atomic E-state index is 0.200. The molecule has 8 nitrogen and oxygen atoms in total. The van der Waals surface area contributed by atoms with Gasteiger partial charge in [-0.25, -0.2) is 18.9 Å². The Hall–Kier alpha value is -5.18. The molecule has 0 unspecified atom stereocenters. The third-order valence-electron chi connectivity index (χ3n) is 7.12. The first-order chi connectivity index (χ1) is 20.1. The summed E-state index contributed by atoms with van der Waals surface area (Å²) in [6.07, 6.45) is 3.86. The number of methoxy groups -OCH3 is 1. The number of benzene rings is 3. The second-order valence-corrected chi connectivity index (χ2v) is 9.72. The van der Waals surface area contributed by atoms with Crippen LogP contribution in [0.15, 0.2) is 103 Å². The van der Waals surface area contributed by atoms with Crippen molar-refractivity contribution >= 4 is 17.5 Å². The Morgan fingerprint density at radius 1 is 0.878 bits per heavy atom. The van der Waals surface area contributed by atoms with Crippen molar-refractivity contribution in [1.29, 1.82) is 0 Å². The lowest BCUT2D eigenvalue weighted by molar-refractivity contribution is 0.208. The van der Waals surface area contributed by atoms with E-state index in [9.17, 15) is 9.18 Å². The summed E-state index contributed by atoms with van der Waals surface area (Å²) in [6.45, 7) is 2.36. The first kappa shape index (κ1) is 26.1. The molecule has 0 aliphatic carbocycles. The number of para-hydroxylation sites is 1. The predicted octanol–water partition coefficient (Wildman–Crippen LogP) is 6.10. The molecule has 1 saturated heterocycles. The zero-order valence-corrected chi connectivity index (χ0v) is 22.6. The maximum absolute atomic E-state index is 13.2. The minimum atomic E-state index is -0.339. The molecule has 2 amide bonds. The van der Waals surface area contributed by atoms with Gasteiger partial charge in [0.1, 0.15) is 23.1 Å². The zero-order valence-electron chi connectivity index (χ0n) is 22.6. The molecule has 206 valence electrons. The minimum Gasteiger partial charge on any atom is -0.497 e. The molecule has 6 rings (SSSR count). The van der Waals surface area contributed by atoms with E-state index in [0.717, 1.165) is 39.6 Å². The number of nitrogens with one attached hydrogen (secondary N) is 1. The van der Waals surface area contributed by atoms with Gasteiger partial charge in [0, 0.05) is 55.4 Å². The van der Waals surface area contributed by atoms with Gasteiger partial charge in [0.05, 0.1) is 12.8 Å². The number of amides is 2. The molecule has 1 fully saturated rings. The largest absolute Gasteiger partial charge is 0.497 e. The van der Waals surface area contributed by atoms with Crippen molar-refractivity contribution < 1.29 is 13.9 Å². The van der Waals surface area contributed by atoms with Crippen LogP contribution in [0.3, 0.4) is 0 Å². The summed E-state index contributed by atoms with van der Waals surface area (Å²) in [6, 6.07) is 27.5. The molecule has 9 heteroatoms. The molecular formula is C32H29FN6O2. The van der Waals surface area contributed by atoms with E-state index in [0.29, 0.717) is 31.9 Å². The second kappa shape index (κ2) is 11.5. The monoisotopic (exact) mass is 548 g/mol. The van der Waals surface area contributed by atoms with Gasteiger partial charge in [0.2, 0.25) is 0 Å². The molecule has 3 heterocycles. The molecule has 1 N–H and O–H groups in total. The fraction of sp³-hybridized carbons (Fsp3) is 0.156. The van der Waals surface area contributed by atoms with Gasteiger partial charge in [-0.3, -0.25) is 0 Å². The van der Waals surface area contributed by atoms with Crippen LogP contribution >= 0.6 is 0 Å². The number of piperazine rings is 1. The Labute approximate surface area is 237 Å². The average molecular weight is 549 g/mol. The number of carbonyl (C=O) groups is 1. The number of carbonyl (C=O) groups excluding carboxylic acids is 1. The highest BCUT2D eigenvalue weighted by atomic mass is 19.1. The lowest BCUT2D eigenvalue weighted by Gasteiger charge is -2.35. The topological polar surface area (TPSA) is 75.5 Å². The SMILES string of the molecule is COc1cccc(-c2nn(-c3ccccc3)cc2-c2ccnc(N3CCN(C(=O)Nc4ccc(F)cc4)CC3)c2)c1. The first-order valence-corrected chi connectivity index (χ1v) is 13.4. The maximum Gasteiger partial charge on any atom is 0.321 e. The van der Waals surface area contributed by atoms with E-state index in [4.69, 9.17) is 9.84 Å². The van der Waals surface area contributed by atoms with E-state index in [1.807, 2.05) is 77.7 Å². The Kier molecular flexibility index (Phi) is 7.32. The summed E-state index contributed by atoms with van der Waals surface area (Å²) in [4.78, 5) is 21.3. The number of anilines is 2. The van der Waals surface area contributed by atoms with Gasteiger partial charge < -0.3 is 19.9 Å². The summed E-state index contributed by atoms with van der Waals surface area (Å²) in [7, 11) is 1.66. The van der Waals surface area contributed by atoms with Crippen LogP contribution in [-0.2, 0) is 0 Å². The summed E-state index contributed by atoms with van der Waals surface area (Å²) in [5.41, 5.74) is 5.29. The van der Waals surface area contributed by atoms with Crippen molar-refractivity contribution in [2.45, 2.75) is 0 Å². The third kappa shape index (κ3) is 5.74. The highest BCUT2D eigenvalue weighted by Crippen LogP contribution is 2.34. The Morgan fingerprint density at radius 3 is 2.41 bits per heavy atom. The number of halogens is 1. The highest BCUT2D eigenvalue weighted by molar-refractivity contribution is 5.89. The van der Waals surface area contributed by atoms with Crippen LogP contribution in [0.1, 0.15) is 0 Å². The Morgan fingerprint density at radius 2 is 1.66 bits per heavy atom. The van der Waals surface area contributed by atoms with Crippen LogP contribution < -0.4 is 15.0 Å². The average Bonchev–Trinajstić information content (AvgIpc) is 3.49. The van der Waals surface area contributed by atoms with Gasteiger partial charge in [0.15, 0.2) is 0 Å². The molecule has 0 saturated carbocycles. The van der Waals surface area contributed by atoms with Gasteiger partial charge in [-0.1, -0.05) is 30.3 Å². The Bertz CT molecular complexity index is 1650. The predicted molar refractivity (Wildman–Crippen MR) is 158 cm³/mol. The summed E-state index contributed by atoms with van der Waals surface area (Å²) in [5.74, 6) is 1.26. The van der Waals surface area contributed by atoms with Crippen LogP contribution in [0.4, 0.5) is 20.7 Å². The smallest absolute Gasteiger partial charge is 0.321 e. The van der Waals surface area contributed by atoms with Gasteiger partial charge in [-0.05, 0) is 66.2 Å². The first-order valence-electron chi connectivity index (χ1n) is 13.4. The summed E-state index contributed by atoms with van der Waals surface area (Å²) < 4.78 is 20.6. The Balaban J connectivity index is 1.24. The van der Waals surface area contributed by atoms with Gasteiger partial charge in [-0.2, -0.15) is 5.10 Å². The van der Waals surface area contributed by atoms with Crippen molar-refractivity contribution in [3.05, 3.63) is 109 Å². The molecule has 41 heavy (non-hydrogen) atoms. The van der Waals surface area contributed by atoms with Crippen LogP contribution in [0.2, 0.25) is 0 Å². The van der Waals surface area contributed by atoms with E-state index < -0.39 is 0 Å². The molecule has 0 radical (unpaired) electrons. The molecular weight excluding hydrogens is 519 g/mol. The van der Waals surface area contributed by atoms with Crippen LogP contribution in [0.5, 0.6) is 5.75 Å². The number of hydrogen-bond donors (Lipinski definition) is 1. The van der Waals surface area contributed by atoms with E-state index in [1.54, 1.807) is 24.1 Å². The number of rotatable bonds is 6. The fourth-order valence-corrected chi connectivity index (χ4v) is 4.92. The highest BCUT2D eigenvalue weighted by Gasteiger charge is 2.23. The summed E-state index contributed by atoms with van der Waals surface area (Å²) >= 11 is 0. The molecule has 3 aromatic carbocycles. The van der Waals surface area contributed by atoms with Crippen LogP contribution in [0.25, 0.3) is 28.1 Å². The molecule has 5 aromatic rings. The van der Waals surface area contributed by atoms with Gasteiger partial charge in [-0.15, -0.1) is 0 Å². The maximum atomic E-state index is 13.2. The second-order valence-electron chi connectivity index (χ2n) is 9.72. The number of hydrogen-bond acceptors (Lipinski definition) is 5. The lowest BCUT2D eigenvalue weighted by Crippen LogP contribution is -2.50.